The molecule has 0 aliphatic carbocycles. The molecule has 29 heavy (non-hydrogen) atoms. The number of aromatic nitrogens is 2. The predicted octanol–water partition coefficient (Wildman–Crippen LogP) is 5.13. The molecule has 1 aromatic heterocycles. The van der Waals surface area contributed by atoms with Crippen molar-refractivity contribution in [1.82, 2.24) is 15.1 Å². The molecule has 3 aromatic rings. The summed E-state index contributed by atoms with van der Waals surface area (Å²) in [5.41, 5.74) is 5.75. The van der Waals surface area contributed by atoms with Crippen LogP contribution in [0, 0.1) is 20.8 Å². The number of hydrogen-bond acceptors (Lipinski definition) is 3. The normalized spacial score (nSPS) is 12.0. The maximum Gasteiger partial charge on any atom is 0.238 e. The lowest BCUT2D eigenvalue weighted by Gasteiger charge is -2.17. The quantitative estimate of drug-likeness (QED) is 0.567. The summed E-state index contributed by atoms with van der Waals surface area (Å²) in [4.78, 5) is 12.6. The van der Waals surface area contributed by atoms with Crippen LogP contribution in [-0.4, -0.2) is 22.2 Å². The Morgan fingerprint density at radius 1 is 1.07 bits per heavy atom. The molecule has 0 bridgehead atoms. The molecule has 6 heteroatoms. The lowest BCUT2D eigenvalue weighted by Crippen LogP contribution is -2.31. The fourth-order valence-electron chi connectivity index (χ4n) is 3.35. The molecule has 5 nitrogen and oxygen atoms in total. The lowest BCUT2D eigenvalue weighted by molar-refractivity contribution is -0.115. The highest BCUT2D eigenvalue weighted by molar-refractivity contribution is 6.30. The van der Waals surface area contributed by atoms with Crippen LogP contribution in [-0.2, 0) is 4.79 Å². The largest absolute Gasteiger partial charge is 0.322 e. The molecule has 0 saturated carbocycles. The van der Waals surface area contributed by atoms with Crippen molar-refractivity contribution < 1.29 is 4.79 Å². The van der Waals surface area contributed by atoms with Crippen LogP contribution in [0.2, 0.25) is 5.02 Å². The molecule has 0 aliphatic rings. The van der Waals surface area contributed by atoms with Gasteiger partial charge in [-0.15, -0.1) is 0 Å². The van der Waals surface area contributed by atoms with Crippen LogP contribution in [0.15, 0.2) is 48.5 Å². The maximum absolute atomic E-state index is 12.6. The average Bonchev–Trinajstić information content (AvgIpc) is 2.98. The van der Waals surface area contributed by atoms with E-state index in [1.807, 2.05) is 54.9 Å². The van der Waals surface area contributed by atoms with Gasteiger partial charge in [-0.3, -0.25) is 4.79 Å². The van der Waals surface area contributed by atoms with Crippen molar-refractivity contribution in [2.24, 2.45) is 0 Å². The molecule has 0 fully saturated rings. The number of carbonyl (C=O) groups excluding carboxylic acids is 1. The van der Waals surface area contributed by atoms with E-state index in [0.29, 0.717) is 5.02 Å². The smallest absolute Gasteiger partial charge is 0.238 e. The summed E-state index contributed by atoms with van der Waals surface area (Å²) in [6, 6.07) is 16.0. The second-order valence-electron chi connectivity index (χ2n) is 7.23. The summed E-state index contributed by atoms with van der Waals surface area (Å²) in [5.74, 6) is -0.0907. The van der Waals surface area contributed by atoms with Gasteiger partial charge in [-0.1, -0.05) is 48.4 Å². The van der Waals surface area contributed by atoms with Gasteiger partial charge in [0.2, 0.25) is 5.91 Å². The highest BCUT2D eigenvalue weighted by Gasteiger charge is 2.16. The number of rotatable bonds is 7. The minimum absolute atomic E-state index is 0.0907. The van der Waals surface area contributed by atoms with Crippen molar-refractivity contribution in [2.75, 3.05) is 11.9 Å². The zero-order valence-corrected chi connectivity index (χ0v) is 18.0. The fourth-order valence-corrected chi connectivity index (χ4v) is 3.48. The third kappa shape index (κ3) is 5.05. The predicted molar refractivity (Wildman–Crippen MR) is 119 cm³/mol. The Morgan fingerprint density at radius 2 is 1.72 bits per heavy atom. The molecule has 0 spiro atoms. The molecule has 3 rings (SSSR count). The topological polar surface area (TPSA) is 59.0 Å². The Labute approximate surface area is 177 Å². The molecule has 2 N–H and O–H groups in total. The second kappa shape index (κ2) is 9.25. The van der Waals surface area contributed by atoms with Gasteiger partial charge in [0.05, 0.1) is 29.3 Å². The van der Waals surface area contributed by atoms with Gasteiger partial charge >= 0.3 is 0 Å². The molecule has 0 radical (unpaired) electrons. The number of nitrogens with one attached hydrogen (secondary N) is 2. The minimum atomic E-state index is -0.0907. The number of carbonyl (C=O) groups is 1. The molecule has 2 aromatic carbocycles. The molecule has 1 unspecified atom stereocenters. The van der Waals surface area contributed by atoms with Gasteiger partial charge in [-0.05, 0) is 57.0 Å². The fraction of sp³-hybridized carbons (Fsp3) is 0.304. The Balaban J connectivity index is 1.67. The highest BCUT2D eigenvalue weighted by Crippen LogP contribution is 2.23. The van der Waals surface area contributed by atoms with E-state index in [0.717, 1.165) is 34.7 Å². The van der Waals surface area contributed by atoms with Crippen LogP contribution in [0.4, 0.5) is 5.69 Å². The highest BCUT2D eigenvalue weighted by atomic mass is 35.5. The zero-order chi connectivity index (χ0) is 21.0. The summed E-state index contributed by atoms with van der Waals surface area (Å²) in [6.07, 6.45) is 0.873. The van der Waals surface area contributed by atoms with E-state index in [1.165, 1.54) is 5.56 Å². The van der Waals surface area contributed by atoms with Gasteiger partial charge in [0, 0.05) is 11.1 Å². The average molecular weight is 411 g/mol. The van der Waals surface area contributed by atoms with E-state index < -0.39 is 0 Å². The molecule has 1 amide bonds. The van der Waals surface area contributed by atoms with Gasteiger partial charge in [0.25, 0.3) is 0 Å². The van der Waals surface area contributed by atoms with E-state index in [4.69, 9.17) is 11.6 Å². The molecular formula is C23H27ClN4O. The summed E-state index contributed by atoms with van der Waals surface area (Å²) in [5, 5.41) is 11.6. The van der Waals surface area contributed by atoms with Crippen molar-refractivity contribution in [3.05, 3.63) is 76.1 Å². The van der Waals surface area contributed by atoms with Gasteiger partial charge in [-0.25, -0.2) is 4.68 Å². The molecule has 0 aliphatic heterocycles. The van der Waals surface area contributed by atoms with Gasteiger partial charge < -0.3 is 10.6 Å². The van der Waals surface area contributed by atoms with Crippen molar-refractivity contribution in [3.63, 3.8) is 0 Å². The van der Waals surface area contributed by atoms with Crippen molar-refractivity contribution in [2.45, 2.75) is 40.2 Å². The summed E-state index contributed by atoms with van der Waals surface area (Å²) in [7, 11) is 0. The Morgan fingerprint density at radius 3 is 2.34 bits per heavy atom. The molecule has 0 saturated heterocycles. The van der Waals surface area contributed by atoms with Crippen molar-refractivity contribution in [1.29, 1.82) is 0 Å². The summed E-state index contributed by atoms with van der Waals surface area (Å²) < 4.78 is 1.86. The van der Waals surface area contributed by atoms with Gasteiger partial charge in [0.15, 0.2) is 0 Å². The minimum Gasteiger partial charge on any atom is -0.322 e. The number of anilines is 1. The molecule has 1 heterocycles. The molecular weight excluding hydrogens is 384 g/mol. The zero-order valence-electron chi connectivity index (χ0n) is 17.3. The summed E-state index contributed by atoms with van der Waals surface area (Å²) in [6.45, 7) is 8.23. The van der Waals surface area contributed by atoms with Crippen LogP contribution in [0.1, 0.15) is 41.9 Å². The van der Waals surface area contributed by atoms with E-state index in [9.17, 15) is 4.79 Å². The first kappa shape index (κ1) is 21.1. The number of aryl methyl sites for hydroxylation is 2. The standard InChI is InChI=1S/C23H27ClN4O/c1-5-21(18-8-10-19(24)11-9-18)25-14-22(29)26-23-16(3)27-28(17(23)4)20-12-6-15(2)7-13-20/h6-13,21,25H,5,14H2,1-4H3,(H,26,29). The Hall–Kier alpha value is -2.63. The summed E-state index contributed by atoms with van der Waals surface area (Å²) >= 11 is 5.97. The number of halogens is 1. The van der Waals surface area contributed by atoms with Gasteiger partial charge in [0.1, 0.15) is 0 Å². The number of nitrogens with zero attached hydrogens (tertiary/aromatic N) is 2. The SMILES string of the molecule is CCC(NCC(=O)Nc1c(C)nn(-c2ccc(C)cc2)c1C)c1ccc(Cl)cc1. The van der Waals surface area contributed by atoms with E-state index in [1.54, 1.807) is 0 Å². The Kier molecular flexibility index (Phi) is 6.72. The maximum atomic E-state index is 12.6. The van der Waals surface area contributed by atoms with Crippen LogP contribution in [0.5, 0.6) is 0 Å². The van der Waals surface area contributed by atoms with Gasteiger partial charge in [-0.2, -0.15) is 5.10 Å². The monoisotopic (exact) mass is 410 g/mol. The second-order valence-corrected chi connectivity index (χ2v) is 7.67. The third-order valence-corrected chi connectivity index (χ3v) is 5.28. The van der Waals surface area contributed by atoms with Crippen LogP contribution in [0.25, 0.3) is 5.69 Å². The lowest BCUT2D eigenvalue weighted by atomic mass is 10.0. The first-order valence-corrected chi connectivity index (χ1v) is 10.2. The first-order chi connectivity index (χ1) is 13.9. The molecule has 1 atom stereocenters. The molecule has 152 valence electrons. The number of hydrogen-bond donors (Lipinski definition) is 2. The van der Waals surface area contributed by atoms with Crippen molar-refractivity contribution in [3.8, 4) is 5.69 Å². The Bertz CT molecular complexity index is 977. The van der Waals surface area contributed by atoms with Crippen LogP contribution >= 0.6 is 11.6 Å². The number of amides is 1. The third-order valence-electron chi connectivity index (χ3n) is 5.02. The van der Waals surface area contributed by atoms with E-state index in [-0.39, 0.29) is 18.5 Å². The number of benzene rings is 2. The van der Waals surface area contributed by atoms with E-state index >= 15 is 0 Å². The van der Waals surface area contributed by atoms with E-state index in [2.05, 4.69) is 41.7 Å². The van der Waals surface area contributed by atoms with Crippen LogP contribution < -0.4 is 10.6 Å². The van der Waals surface area contributed by atoms with Crippen LogP contribution in [0.3, 0.4) is 0 Å². The first-order valence-electron chi connectivity index (χ1n) is 9.81. The van der Waals surface area contributed by atoms with Crippen molar-refractivity contribution >= 4 is 23.2 Å².